The summed E-state index contributed by atoms with van der Waals surface area (Å²) in [5, 5.41) is 2.57. The highest BCUT2D eigenvalue weighted by atomic mass is 79.9. The van der Waals surface area contributed by atoms with Gasteiger partial charge in [0.2, 0.25) is 6.79 Å². The van der Waals surface area contributed by atoms with Crippen LogP contribution in [0.1, 0.15) is 5.56 Å². The molecule has 0 unspecified atom stereocenters. The highest BCUT2D eigenvalue weighted by Crippen LogP contribution is 2.41. The standard InChI is InChI=1S/C11H6BrNO3S2/c12-6-1-5(2-7-9(6)16-4-15-7)3-8-10(14)13-11(17)18-8/h1-3H,4H2,(H,13,14,17). The Bertz CT molecular complexity index is 600. The molecule has 4 nitrogen and oxygen atoms in total. The molecule has 1 saturated heterocycles. The van der Waals surface area contributed by atoms with Crippen molar-refractivity contribution in [1.29, 1.82) is 0 Å². The summed E-state index contributed by atoms with van der Waals surface area (Å²) in [6, 6.07) is 3.70. The molecule has 0 aliphatic carbocycles. The molecule has 2 aliphatic heterocycles. The molecule has 0 bridgehead atoms. The van der Waals surface area contributed by atoms with Crippen molar-refractivity contribution >= 4 is 56.2 Å². The van der Waals surface area contributed by atoms with Crippen LogP contribution in [-0.4, -0.2) is 17.0 Å². The zero-order valence-corrected chi connectivity index (χ0v) is 12.1. The average molecular weight is 344 g/mol. The van der Waals surface area contributed by atoms with Gasteiger partial charge < -0.3 is 14.8 Å². The largest absolute Gasteiger partial charge is 0.454 e. The van der Waals surface area contributed by atoms with Crippen LogP contribution in [0.15, 0.2) is 21.5 Å². The summed E-state index contributed by atoms with van der Waals surface area (Å²) in [7, 11) is 0. The van der Waals surface area contributed by atoms with E-state index < -0.39 is 0 Å². The molecular weight excluding hydrogens is 338 g/mol. The van der Waals surface area contributed by atoms with Gasteiger partial charge in [-0.3, -0.25) is 4.79 Å². The molecule has 0 saturated carbocycles. The number of hydrogen-bond acceptors (Lipinski definition) is 5. The number of nitrogens with one attached hydrogen (secondary N) is 1. The van der Waals surface area contributed by atoms with Gasteiger partial charge in [0.05, 0.1) is 9.38 Å². The van der Waals surface area contributed by atoms with Gasteiger partial charge in [-0.1, -0.05) is 24.0 Å². The van der Waals surface area contributed by atoms with E-state index in [1.807, 2.05) is 12.1 Å². The van der Waals surface area contributed by atoms with Crippen molar-refractivity contribution in [3.05, 3.63) is 27.1 Å². The molecule has 1 amide bonds. The summed E-state index contributed by atoms with van der Waals surface area (Å²) in [5.41, 5.74) is 0.855. The first-order valence-electron chi connectivity index (χ1n) is 4.97. The molecule has 1 aromatic carbocycles. The second kappa shape index (κ2) is 4.56. The predicted octanol–water partition coefficient (Wildman–Crippen LogP) is 2.67. The van der Waals surface area contributed by atoms with Crippen LogP contribution in [0.2, 0.25) is 0 Å². The van der Waals surface area contributed by atoms with Gasteiger partial charge in [0.1, 0.15) is 4.32 Å². The second-order valence-corrected chi connectivity index (χ2v) is 6.16. The first kappa shape index (κ1) is 12.0. The summed E-state index contributed by atoms with van der Waals surface area (Å²) < 4.78 is 11.9. The number of amides is 1. The van der Waals surface area contributed by atoms with E-state index in [0.29, 0.717) is 20.7 Å². The fourth-order valence-electron chi connectivity index (χ4n) is 1.64. The Labute approximate surface area is 121 Å². The van der Waals surface area contributed by atoms with Crippen LogP contribution in [0.5, 0.6) is 11.5 Å². The number of fused-ring (bicyclic) bond motifs is 1. The van der Waals surface area contributed by atoms with E-state index in [1.54, 1.807) is 6.08 Å². The van der Waals surface area contributed by atoms with Crippen LogP contribution in [0.3, 0.4) is 0 Å². The number of halogens is 1. The first-order chi connectivity index (χ1) is 8.63. The van der Waals surface area contributed by atoms with Gasteiger partial charge in [-0.2, -0.15) is 0 Å². The Morgan fingerprint density at radius 1 is 1.44 bits per heavy atom. The van der Waals surface area contributed by atoms with Crippen LogP contribution < -0.4 is 14.8 Å². The van der Waals surface area contributed by atoms with Crippen molar-refractivity contribution in [1.82, 2.24) is 5.32 Å². The van der Waals surface area contributed by atoms with Crippen molar-refractivity contribution in [3.63, 3.8) is 0 Å². The number of ether oxygens (including phenoxy) is 2. The maximum atomic E-state index is 11.6. The smallest absolute Gasteiger partial charge is 0.263 e. The maximum absolute atomic E-state index is 11.6. The molecular formula is C11H6BrNO3S2. The molecule has 0 spiro atoms. The lowest BCUT2D eigenvalue weighted by Gasteiger charge is -2.01. The molecule has 2 aliphatic rings. The molecule has 0 atom stereocenters. The summed E-state index contributed by atoms with van der Waals surface area (Å²) in [6.45, 7) is 0.216. The molecule has 2 heterocycles. The van der Waals surface area contributed by atoms with Gasteiger partial charge in [0, 0.05) is 0 Å². The zero-order chi connectivity index (χ0) is 12.7. The zero-order valence-electron chi connectivity index (χ0n) is 8.86. The Morgan fingerprint density at radius 2 is 2.28 bits per heavy atom. The van der Waals surface area contributed by atoms with Crippen LogP contribution in [0.4, 0.5) is 0 Å². The third-order valence-electron chi connectivity index (χ3n) is 2.39. The van der Waals surface area contributed by atoms with E-state index in [1.165, 1.54) is 11.8 Å². The van der Waals surface area contributed by atoms with Gasteiger partial charge >= 0.3 is 0 Å². The molecule has 0 radical (unpaired) electrons. The molecule has 1 fully saturated rings. The Morgan fingerprint density at radius 3 is 3.00 bits per heavy atom. The second-order valence-electron chi connectivity index (χ2n) is 3.59. The van der Waals surface area contributed by atoms with Gasteiger partial charge in [-0.15, -0.1) is 0 Å². The first-order valence-corrected chi connectivity index (χ1v) is 6.99. The minimum absolute atomic E-state index is 0.168. The third-order valence-corrected chi connectivity index (χ3v) is 4.14. The fraction of sp³-hybridized carbons (Fsp3) is 0.0909. The fourth-order valence-corrected chi connectivity index (χ4v) is 3.26. The van der Waals surface area contributed by atoms with Crippen molar-refractivity contribution in [2.45, 2.75) is 0 Å². The quantitative estimate of drug-likeness (QED) is 0.627. The minimum Gasteiger partial charge on any atom is -0.454 e. The Kier molecular flexibility index (Phi) is 3.04. The molecule has 1 aromatic rings. The van der Waals surface area contributed by atoms with Gasteiger partial charge in [0.15, 0.2) is 11.5 Å². The van der Waals surface area contributed by atoms with E-state index in [2.05, 4.69) is 21.2 Å². The van der Waals surface area contributed by atoms with Gasteiger partial charge in [-0.05, 0) is 39.7 Å². The molecule has 7 heteroatoms. The lowest BCUT2D eigenvalue weighted by atomic mass is 10.2. The number of thiocarbonyl (C=S) groups is 1. The highest BCUT2D eigenvalue weighted by Gasteiger charge is 2.23. The molecule has 1 N–H and O–H groups in total. The van der Waals surface area contributed by atoms with E-state index in [0.717, 1.165) is 10.0 Å². The molecule has 3 rings (SSSR count). The normalized spacial score (nSPS) is 19.5. The lowest BCUT2D eigenvalue weighted by molar-refractivity contribution is -0.115. The Balaban J connectivity index is 1.99. The van der Waals surface area contributed by atoms with E-state index in [-0.39, 0.29) is 12.7 Å². The maximum Gasteiger partial charge on any atom is 0.263 e. The summed E-state index contributed by atoms with van der Waals surface area (Å²) >= 11 is 9.59. The molecule has 0 aromatic heterocycles. The van der Waals surface area contributed by atoms with Crippen molar-refractivity contribution in [2.75, 3.05) is 6.79 Å². The van der Waals surface area contributed by atoms with Crippen LogP contribution in [0.25, 0.3) is 6.08 Å². The predicted molar refractivity (Wildman–Crippen MR) is 76.6 cm³/mol. The number of thioether (sulfide) groups is 1. The van der Waals surface area contributed by atoms with Gasteiger partial charge in [0.25, 0.3) is 5.91 Å². The molecule has 18 heavy (non-hydrogen) atoms. The topological polar surface area (TPSA) is 47.6 Å². The monoisotopic (exact) mass is 343 g/mol. The minimum atomic E-state index is -0.168. The van der Waals surface area contributed by atoms with Crippen molar-refractivity contribution < 1.29 is 14.3 Å². The number of carbonyl (C=O) groups is 1. The average Bonchev–Trinajstić information content (AvgIpc) is 2.86. The molecule has 92 valence electrons. The number of rotatable bonds is 1. The number of hydrogen-bond donors (Lipinski definition) is 1. The van der Waals surface area contributed by atoms with E-state index in [9.17, 15) is 4.79 Å². The number of carbonyl (C=O) groups excluding carboxylic acids is 1. The van der Waals surface area contributed by atoms with Crippen molar-refractivity contribution in [2.24, 2.45) is 0 Å². The van der Waals surface area contributed by atoms with E-state index >= 15 is 0 Å². The Hall–Kier alpha value is -1.05. The van der Waals surface area contributed by atoms with Crippen molar-refractivity contribution in [3.8, 4) is 11.5 Å². The van der Waals surface area contributed by atoms with Crippen LogP contribution >= 0.6 is 39.9 Å². The van der Waals surface area contributed by atoms with Crippen LogP contribution in [0, 0.1) is 0 Å². The summed E-state index contributed by atoms with van der Waals surface area (Å²) in [5.74, 6) is 1.19. The summed E-state index contributed by atoms with van der Waals surface area (Å²) in [6.07, 6.45) is 1.77. The SMILES string of the molecule is O=C1NC(=S)SC1=Cc1cc(Br)c2c(c1)OCO2. The van der Waals surface area contributed by atoms with E-state index in [4.69, 9.17) is 21.7 Å². The van der Waals surface area contributed by atoms with Crippen LogP contribution in [-0.2, 0) is 4.79 Å². The van der Waals surface area contributed by atoms with Gasteiger partial charge in [-0.25, -0.2) is 0 Å². The summed E-state index contributed by atoms with van der Waals surface area (Å²) in [4.78, 5) is 12.1. The highest BCUT2D eigenvalue weighted by molar-refractivity contribution is 9.10. The number of benzene rings is 1. The third kappa shape index (κ3) is 2.13. The lowest BCUT2D eigenvalue weighted by Crippen LogP contribution is -2.17.